The van der Waals surface area contributed by atoms with Crippen molar-refractivity contribution in [2.75, 3.05) is 20.7 Å². The number of aliphatic hydroxyl groups excluding tert-OH is 1. The van der Waals surface area contributed by atoms with Crippen LogP contribution in [0.25, 0.3) is 0 Å². The molecule has 0 aliphatic carbocycles. The topological polar surface area (TPSA) is 324 Å². The Bertz CT molecular complexity index is 925. The predicted octanol–water partition coefficient (Wildman–Crippen LogP) is -3.30. The van der Waals surface area contributed by atoms with E-state index in [4.69, 9.17) is 22.3 Å². The number of carbonyl (C=O) groups is 9. The quantitative estimate of drug-likeness (QED) is 0.0470. The van der Waals surface area contributed by atoms with Crippen LogP contribution in [0.1, 0.15) is 39.5 Å². The summed E-state index contributed by atoms with van der Waals surface area (Å²) in [5.41, 5.74) is 15.1. The first-order valence-electron chi connectivity index (χ1n) is 11.4. The second-order valence-corrected chi connectivity index (χ2v) is 7.49. The van der Waals surface area contributed by atoms with Gasteiger partial charge in [0.25, 0.3) is 0 Å². The highest BCUT2D eigenvalue weighted by atomic mass is 128. The first-order valence-corrected chi connectivity index (χ1v) is 17.7. The number of rotatable bonds is 14. The highest BCUT2D eigenvalue weighted by Gasteiger charge is 2.23. The summed E-state index contributed by atoms with van der Waals surface area (Å²) in [6.07, 6.45) is -0.332. The average molecular weight is 831 g/mol. The van der Waals surface area contributed by atoms with Crippen molar-refractivity contribution >= 4 is 91.0 Å². The summed E-state index contributed by atoms with van der Waals surface area (Å²) in [5.74, 6) is -4.00. The van der Waals surface area contributed by atoms with E-state index in [9.17, 15) is 43.2 Å². The van der Waals surface area contributed by atoms with Crippen molar-refractivity contribution in [1.82, 2.24) is 31.9 Å². The van der Waals surface area contributed by atoms with Crippen molar-refractivity contribution in [3.05, 3.63) is 0 Å². The van der Waals surface area contributed by atoms with Crippen LogP contribution in [-0.2, 0) is 33.6 Å². The first-order chi connectivity index (χ1) is 19.2. The molecule has 42 heavy (non-hydrogen) atoms. The molecule has 0 aliphatic heterocycles. The van der Waals surface area contributed by atoms with Crippen LogP contribution in [0.2, 0.25) is 0 Å². The van der Waals surface area contributed by atoms with Crippen LogP contribution < -0.4 is 49.1 Å². The van der Waals surface area contributed by atoms with Gasteiger partial charge in [-0.25, -0.2) is 9.59 Å². The molecule has 242 valence electrons. The molecular formula is C21H39I2N9O10. The Morgan fingerprint density at radius 2 is 1.14 bits per heavy atom. The summed E-state index contributed by atoms with van der Waals surface area (Å²) >= 11 is 4.24. The van der Waals surface area contributed by atoms with Gasteiger partial charge in [-0.15, -0.1) is 0 Å². The molecule has 0 saturated heterocycles. The van der Waals surface area contributed by atoms with Crippen LogP contribution in [0, 0.1) is 0 Å². The van der Waals surface area contributed by atoms with Crippen LogP contribution in [0.4, 0.5) is 9.59 Å². The van der Waals surface area contributed by atoms with Crippen molar-refractivity contribution in [2.24, 2.45) is 17.2 Å². The highest BCUT2D eigenvalue weighted by molar-refractivity contribution is 15.0. The average Bonchev–Trinajstić information content (AvgIpc) is 2.92. The van der Waals surface area contributed by atoms with Crippen molar-refractivity contribution < 1.29 is 48.3 Å². The van der Waals surface area contributed by atoms with E-state index in [-0.39, 0.29) is 33.1 Å². The van der Waals surface area contributed by atoms with Crippen LogP contribution in [-0.4, -0.2) is 97.7 Å². The number of aldehydes is 1. The minimum Gasteiger partial charge on any atom is -0.394 e. The smallest absolute Gasteiger partial charge is 0.322 e. The number of imide groups is 2. The lowest BCUT2D eigenvalue weighted by Crippen LogP contribution is -2.54. The Labute approximate surface area is 265 Å². The summed E-state index contributed by atoms with van der Waals surface area (Å²) < 4.78 is 0. The fourth-order valence-electron chi connectivity index (χ4n) is 2.39. The molecule has 0 unspecified atom stereocenters. The third kappa shape index (κ3) is 24.6. The molecule has 0 rings (SSSR count). The van der Waals surface area contributed by atoms with Gasteiger partial charge in [0.05, 0.1) is 13.0 Å². The normalized spacial score (nSPS) is 11.3. The Morgan fingerprint density at radius 3 is 1.45 bits per heavy atom. The van der Waals surface area contributed by atoms with E-state index in [1.165, 1.54) is 14.1 Å². The predicted molar refractivity (Wildman–Crippen MR) is 166 cm³/mol. The molecular weight excluding hydrogens is 792 g/mol. The third-order valence-corrected chi connectivity index (χ3v) is 4.39. The zero-order chi connectivity index (χ0) is 32.5. The van der Waals surface area contributed by atoms with Crippen LogP contribution in [0.3, 0.4) is 0 Å². The third-order valence-electron chi connectivity index (χ3n) is 4.39. The molecule has 0 heterocycles. The molecule has 21 heteroatoms. The van der Waals surface area contributed by atoms with Crippen LogP contribution in [0.5, 0.6) is 0 Å². The molecule has 0 saturated carbocycles. The molecule has 0 bridgehead atoms. The fourth-order valence-corrected chi connectivity index (χ4v) is 2.39. The van der Waals surface area contributed by atoms with Gasteiger partial charge >= 0.3 is 12.1 Å². The number of nitrogens with two attached hydrogens (primary N) is 3. The maximum Gasteiger partial charge on any atom is 0.322 e. The largest absolute Gasteiger partial charge is 0.394 e. The monoisotopic (exact) mass is 831 g/mol. The summed E-state index contributed by atoms with van der Waals surface area (Å²) in [6.45, 7) is -0.625. The number of primary amides is 2. The Hall–Kier alpha value is -3.19. The zero-order valence-electron chi connectivity index (χ0n) is 22.2. The van der Waals surface area contributed by atoms with Gasteiger partial charge in [0, 0.05) is 64.2 Å². The number of hydrogen-bond acceptors (Lipinski definition) is 11. The minimum atomic E-state index is -1.25. The Morgan fingerprint density at radius 1 is 0.762 bits per heavy atom. The Kier molecular flexibility index (Phi) is 30.5. The number of halogens is 2. The Balaban J connectivity index is -0.000000318. The summed E-state index contributed by atoms with van der Waals surface area (Å²) in [4.78, 5) is 99.3. The van der Waals surface area contributed by atoms with Gasteiger partial charge in [-0.3, -0.25) is 39.4 Å². The van der Waals surface area contributed by atoms with Crippen LogP contribution in [0.15, 0.2) is 0 Å². The van der Waals surface area contributed by atoms with Gasteiger partial charge in [-0.1, -0.05) is 7.43 Å². The van der Waals surface area contributed by atoms with Crippen molar-refractivity contribution in [1.29, 1.82) is 0 Å². The number of amides is 10. The van der Waals surface area contributed by atoms with Crippen molar-refractivity contribution in [2.45, 2.75) is 57.7 Å². The molecule has 3 atom stereocenters. The van der Waals surface area contributed by atoms with Gasteiger partial charge in [-0.2, -0.15) is 0 Å². The maximum atomic E-state index is 11.5. The van der Waals surface area contributed by atoms with Crippen molar-refractivity contribution in [3.63, 3.8) is 0 Å². The SMILES string of the molecule is C.CNC(=O)[C@H](CCC(N)=O)NC(=O)NC(=O)CC=O.CNC(=O)[C@H](CCC(N)=O)NC(=O)NC(=O)[C@@H](N)CO.II. The molecule has 0 fully saturated rings. The van der Waals surface area contributed by atoms with E-state index in [0.717, 1.165) is 0 Å². The lowest BCUT2D eigenvalue weighted by Gasteiger charge is -2.17. The summed E-state index contributed by atoms with van der Waals surface area (Å²) in [5, 5.41) is 21.4. The van der Waals surface area contributed by atoms with Gasteiger partial charge < -0.3 is 48.4 Å². The molecule has 10 amide bonds. The second-order valence-electron chi connectivity index (χ2n) is 7.49. The number of urea groups is 2. The maximum absolute atomic E-state index is 11.5. The highest BCUT2D eigenvalue weighted by Crippen LogP contribution is 1.98. The van der Waals surface area contributed by atoms with Crippen molar-refractivity contribution in [3.8, 4) is 0 Å². The molecule has 0 aromatic heterocycles. The van der Waals surface area contributed by atoms with Crippen LogP contribution >= 0.6 is 37.2 Å². The number of aliphatic hydroxyl groups is 1. The molecule has 13 N–H and O–H groups in total. The van der Waals surface area contributed by atoms with E-state index >= 15 is 0 Å². The van der Waals surface area contributed by atoms with E-state index in [1.807, 2.05) is 10.6 Å². The van der Waals surface area contributed by atoms with Gasteiger partial charge in [0.2, 0.25) is 35.4 Å². The first kappa shape index (κ1) is 45.8. The van der Waals surface area contributed by atoms with E-state index in [0.29, 0.717) is 6.29 Å². The molecule has 0 spiro atoms. The van der Waals surface area contributed by atoms with Gasteiger partial charge in [-0.05, 0) is 12.8 Å². The number of carbonyl (C=O) groups excluding carboxylic acids is 9. The van der Waals surface area contributed by atoms with Gasteiger partial charge in [0.1, 0.15) is 24.4 Å². The lowest BCUT2D eigenvalue weighted by molar-refractivity contribution is -0.125. The summed E-state index contributed by atoms with van der Waals surface area (Å²) in [6, 6.07) is -5.15. The van der Waals surface area contributed by atoms with E-state index < -0.39 is 78.7 Å². The molecule has 0 radical (unpaired) electrons. The number of likely N-dealkylation sites (N-methyl/N-ethyl adjacent to an activating group) is 2. The molecule has 0 aromatic carbocycles. The lowest BCUT2D eigenvalue weighted by atomic mass is 10.1. The minimum absolute atomic E-state index is 0. The fraction of sp³-hybridized carbons (Fsp3) is 0.571. The molecule has 0 aliphatic rings. The van der Waals surface area contributed by atoms with E-state index in [1.54, 1.807) is 0 Å². The molecule has 0 aromatic rings. The number of hydrogen-bond donors (Lipinski definition) is 10. The van der Waals surface area contributed by atoms with E-state index in [2.05, 4.69) is 58.5 Å². The standard InChI is InChI=1S/C10H19N5O5.C10H16N4O5.CH4.I2/c1-13-9(19)6(2-3-7(12)17)14-10(20)15-8(18)5(11)4-16;1-12-9(18)6(2-3-7(11)16)13-10(19)14-8(17)4-5-15;;1-2/h5-6,16H,2-4,11H2,1H3,(H2,12,17)(H,13,19)(H2,14,15,18,20);5-6H,2-4H2,1H3,(H2,11,16)(H,12,18)(H2,13,14,17,19);1H4;/t5-,6-;6-;;/m00../s1. The molecule has 19 nitrogen and oxygen atoms in total. The van der Waals surface area contributed by atoms with Gasteiger partial charge in [0.15, 0.2) is 0 Å². The summed E-state index contributed by atoms with van der Waals surface area (Å²) in [7, 11) is 2.71. The second kappa shape index (κ2) is 28.0. The number of nitrogens with one attached hydrogen (secondary N) is 6. The zero-order valence-corrected chi connectivity index (χ0v) is 26.5.